The van der Waals surface area contributed by atoms with Crippen molar-refractivity contribution >= 4 is 17.7 Å². The average molecular weight is 287 g/mol. The van der Waals surface area contributed by atoms with Gasteiger partial charge in [-0.15, -0.1) is 11.8 Å². The highest BCUT2D eigenvalue weighted by molar-refractivity contribution is 8.03. The summed E-state index contributed by atoms with van der Waals surface area (Å²) in [5.41, 5.74) is 0.211. The molecule has 4 nitrogen and oxygen atoms in total. The Bertz CT molecular complexity index is 548. The first-order valence-electron chi connectivity index (χ1n) is 7.23. The molecular weight excluding hydrogens is 270 g/mol. The molecule has 2 fully saturated rings. The fourth-order valence-corrected chi connectivity index (χ4v) is 4.99. The fourth-order valence-electron chi connectivity index (χ4n) is 3.80. The van der Waals surface area contributed by atoms with Crippen LogP contribution in [-0.4, -0.2) is 23.1 Å². The summed E-state index contributed by atoms with van der Waals surface area (Å²) in [6.45, 7) is 0.653. The van der Waals surface area contributed by atoms with Crippen molar-refractivity contribution in [2.75, 3.05) is 12.3 Å². The number of carbonyl (C=O) groups is 1. The van der Waals surface area contributed by atoms with Crippen LogP contribution in [0.5, 0.6) is 0 Å². The molecule has 0 aromatic heterocycles. The molecule has 1 spiro atoms. The summed E-state index contributed by atoms with van der Waals surface area (Å²) in [4.78, 5) is 14.4. The molecule has 0 unspecified atom stereocenters. The Morgan fingerprint density at radius 1 is 1.20 bits per heavy atom. The molecular formula is C15H17N3OS. The van der Waals surface area contributed by atoms with Gasteiger partial charge in [-0.1, -0.05) is 19.3 Å². The van der Waals surface area contributed by atoms with E-state index < -0.39 is 11.3 Å². The highest BCUT2D eigenvalue weighted by Gasteiger charge is 2.54. The first kappa shape index (κ1) is 13.5. The second-order valence-corrected chi connectivity index (χ2v) is 6.85. The van der Waals surface area contributed by atoms with Gasteiger partial charge in [0.1, 0.15) is 5.92 Å². The molecule has 3 aliphatic rings. The third kappa shape index (κ3) is 1.77. The summed E-state index contributed by atoms with van der Waals surface area (Å²) in [6, 6.07) is 4.59. The Kier molecular flexibility index (Phi) is 3.48. The molecule has 0 bridgehead atoms. The molecule has 2 aliphatic heterocycles. The van der Waals surface area contributed by atoms with Gasteiger partial charge in [-0.3, -0.25) is 4.79 Å². The van der Waals surface area contributed by atoms with Gasteiger partial charge >= 0.3 is 0 Å². The van der Waals surface area contributed by atoms with Gasteiger partial charge in [0.25, 0.3) is 0 Å². The lowest BCUT2D eigenvalue weighted by molar-refractivity contribution is -0.136. The van der Waals surface area contributed by atoms with Crippen molar-refractivity contribution in [2.45, 2.75) is 38.5 Å². The number of allylic oxidation sites excluding steroid dienone is 1. The van der Waals surface area contributed by atoms with Crippen LogP contribution in [-0.2, 0) is 4.79 Å². The number of amides is 1. The van der Waals surface area contributed by atoms with Crippen molar-refractivity contribution in [1.82, 2.24) is 4.90 Å². The minimum Gasteiger partial charge on any atom is -0.305 e. The largest absolute Gasteiger partial charge is 0.305 e. The normalized spacial score (nSPS) is 28.8. The lowest BCUT2D eigenvalue weighted by atomic mass is 9.60. The third-order valence-corrected chi connectivity index (χ3v) is 5.96. The lowest BCUT2D eigenvalue weighted by Gasteiger charge is -2.47. The maximum atomic E-state index is 12.7. The number of fused-ring (bicyclic) bond motifs is 1. The van der Waals surface area contributed by atoms with E-state index in [0.29, 0.717) is 12.1 Å². The zero-order chi connectivity index (χ0) is 14.2. The predicted octanol–water partition coefficient (Wildman–Crippen LogP) is 2.79. The predicted molar refractivity (Wildman–Crippen MR) is 76.0 cm³/mol. The molecule has 2 heterocycles. The third-order valence-electron chi connectivity index (χ3n) is 4.77. The summed E-state index contributed by atoms with van der Waals surface area (Å²) in [6.07, 6.45) is 5.70. The molecule has 3 rings (SSSR count). The van der Waals surface area contributed by atoms with Crippen LogP contribution in [0, 0.1) is 34.0 Å². The van der Waals surface area contributed by atoms with E-state index in [9.17, 15) is 15.3 Å². The van der Waals surface area contributed by atoms with Crippen LogP contribution in [0.25, 0.3) is 0 Å². The SMILES string of the molecule is N#CC1=C2SCCCN2C(=O)[C@@H](C#N)C12CCCCC2. The van der Waals surface area contributed by atoms with Gasteiger partial charge in [-0.25, -0.2) is 0 Å². The molecule has 1 aliphatic carbocycles. The van der Waals surface area contributed by atoms with E-state index in [1.807, 2.05) is 0 Å². The highest BCUT2D eigenvalue weighted by Crippen LogP contribution is 2.54. The molecule has 0 radical (unpaired) electrons. The van der Waals surface area contributed by atoms with Crippen molar-refractivity contribution in [1.29, 1.82) is 10.5 Å². The van der Waals surface area contributed by atoms with Crippen LogP contribution >= 0.6 is 11.8 Å². The van der Waals surface area contributed by atoms with Gasteiger partial charge in [-0.05, 0) is 19.3 Å². The zero-order valence-corrected chi connectivity index (χ0v) is 12.2. The molecule has 0 N–H and O–H groups in total. The number of nitrogens with zero attached hydrogens (tertiary/aromatic N) is 3. The van der Waals surface area contributed by atoms with Crippen molar-refractivity contribution in [2.24, 2.45) is 11.3 Å². The summed E-state index contributed by atoms with van der Waals surface area (Å²) < 4.78 is 0. The Morgan fingerprint density at radius 2 is 1.95 bits per heavy atom. The molecule has 5 heteroatoms. The van der Waals surface area contributed by atoms with E-state index in [1.165, 1.54) is 0 Å². The number of carbonyl (C=O) groups excluding carboxylic acids is 1. The Morgan fingerprint density at radius 3 is 2.60 bits per heavy atom. The summed E-state index contributed by atoms with van der Waals surface area (Å²) >= 11 is 1.62. The quantitative estimate of drug-likeness (QED) is 0.687. The Balaban J connectivity index is 2.17. The Hall–Kier alpha value is -1.46. The highest BCUT2D eigenvalue weighted by atomic mass is 32.2. The van der Waals surface area contributed by atoms with Crippen LogP contribution in [0.2, 0.25) is 0 Å². The molecule has 1 amide bonds. The Labute approximate surface area is 123 Å². The average Bonchev–Trinajstić information content (AvgIpc) is 2.49. The van der Waals surface area contributed by atoms with Gasteiger partial charge in [0, 0.05) is 17.7 Å². The molecule has 1 saturated heterocycles. The van der Waals surface area contributed by atoms with Crippen LogP contribution in [0.1, 0.15) is 38.5 Å². The molecule has 0 aromatic carbocycles. The van der Waals surface area contributed by atoms with Crippen LogP contribution in [0.4, 0.5) is 0 Å². The number of thioether (sulfide) groups is 1. The zero-order valence-electron chi connectivity index (χ0n) is 11.4. The monoisotopic (exact) mass is 287 g/mol. The van der Waals surface area contributed by atoms with Crippen molar-refractivity contribution in [3.05, 3.63) is 10.6 Å². The van der Waals surface area contributed by atoms with Crippen LogP contribution < -0.4 is 0 Å². The first-order chi connectivity index (χ1) is 9.74. The molecule has 104 valence electrons. The number of hydrogen-bond acceptors (Lipinski definition) is 4. The standard InChI is InChI=1S/C15H17N3OS/c16-9-11-13(19)18-7-4-8-20-14(18)12(10-17)15(11)5-2-1-3-6-15/h11H,1-8H2/t11-/m1/s1. The maximum Gasteiger partial charge on any atom is 0.245 e. The second kappa shape index (κ2) is 5.14. The minimum atomic E-state index is -0.667. The second-order valence-electron chi connectivity index (χ2n) is 5.76. The van der Waals surface area contributed by atoms with Gasteiger partial charge in [0.05, 0.1) is 22.7 Å². The summed E-state index contributed by atoms with van der Waals surface area (Å²) in [7, 11) is 0. The van der Waals surface area contributed by atoms with E-state index in [4.69, 9.17) is 0 Å². The fraction of sp³-hybridized carbons (Fsp3) is 0.667. The van der Waals surface area contributed by atoms with E-state index in [2.05, 4.69) is 12.1 Å². The van der Waals surface area contributed by atoms with E-state index >= 15 is 0 Å². The number of rotatable bonds is 0. The van der Waals surface area contributed by atoms with Gasteiger partial charge < -0.3 is 4.90 Å². The summed E-state index contributed by atoms with van der Waals surface area (Å²) in [5, 5.41) is 20.1. The molecule has 1 saturated carbocycles. The number of hydrogen-bond donors (Lipinski definition) is 0. The van der Waals surface area contributed by atoms with Crippen LogP contribution in [0.15, 0.2) is 10.6 Å². The lowest BCUT2D eigenvalue weighted by Crippen LogP contribution is -2.51. The van der Waals surface area contributed by atoms with Gasteiger partial charge in [0.15, 0.2) is 0 Å². The van der Waals surface area contributed by atoms with E-state index in [0.717, 1.165) is 49.3 Å². The maximum absolute atomic E-state index is 12.7. The minimum absolute atomic E-state index is 0.0735. The van der Waals surface area contributed by atoms with Crippen molar-refractivity contribution in [3.8, 4) is 12.1 Å². The van der Waals surface area contributed by atoms with Gasteiger partial charge in [0.2, 0.25) is 5.91 Å². The topological polar surface area (TPSA) is 67.9 Å². The van der Waals surface area contributed by atoms with Gasteiger partial charge in [-0.2, -0.15) is 10.5 Å². The van der Waals surface area contributed by atoms with Crippen LogP contribution in [0.3, 0.4) is 0 Å². The van der Waals surface area contributed by atoms with Crippen molar-refractivity contribution < 1.29 is 4.79 Å². The first-order valence-corrected chi connectivity index (χ1v) is 8.22. The van der Waals surface area contributed by atoms with E-state index in [-0.39, 0.29) is 5.91 Å². The smallest absolute Gasteiger partial charge is 0.245 e. The van der Waals surface area contributed by atoms with Crippen molar-refractivity contribution in [3.63, 3.8) is 0 Å². The summed E-state index contributed by atoms with van der Waals surface area (Å²) in [5.74, 6) is 0.216. The molecule has 0 aromatic rings. The number of nitriles is 2. The molecule has 20 heavy (non-hydrogen) atoms. The van der Waals surface area contributed by atoms with E-state index in [1.54, 1.807) is 16.7 Å². The molecule has 1 atom stereocenters.